The minimum Gasteiger partial charge on any atom is -0.472 e. The number of rotatable bonds is 3. The Hall–Kier alpha value is -1.79. The number of hydrogen-bond donors (Lipinski definition) is 0. The zero-order valence-electron chi connectivity index (χ0n) is 12.6. The van der Waals surface area contributed by atoms with Crippen molar-refractivity contribution in [2.75, 3.05) is 18.0 Å². The quantitative estimate of drug-likeness (QED) is 0.847. The lowest BCUT2D eigenvalue weighted by molar-refractivity contribution is 0.172. The molecule has 1 aliphatic heterocycles. The largest absolute Gasteiger partial charge is 0.472 e. The number of aromatic nitrogens is 3. The summed E-state index contributed by atoms with van der Waals surface area (Å²) < 4.78 is 7.12. The van der Waals surface area contributed by atoms with Crippen LogP contribution in [0.25, 0.3) is 0 Å². The van der Waals surface area contributed by atoms with E-state index in [4.69, 9.17) is 27.9 Å². The Morgan fingerprint density at radius 1 is 1.30 bits per heavy atom. The van der Waals surface area contributed by atoms with Crippen LogP contribution < -0.4 is 15.2 Å². The first-order valence-electron chi connectivity index (χ1n) is 7.29. The smallest absolute Gasteiger partial charge is 0.287 e. The van der Waals surface area contributed by atoms with Crippen LogP contribution in [0.3, 0.4) is 0 Å². The lowest BCUT2D eigenvalue weighted by atomic mass is 10.1. The molecule has 3 heterocycles. The molecule has 3 rings (SSSR count). The monoisotopic (exact) mass is 354 g/mol. The Morgan fingerprint density at radius 2 is 2.13 bits per heavy atom. The van der Waals surface area contributed by atoms with E-state index in [0.29, 0.717) is 23.1 Å². The molecule has 2 aromatic heterocycles. The number of halogens is 2. The average molecular weight is 355 g/mol. The van der Waals surface area contributed by atoms with Crippen molar-refractivity contribution < 1.29 is 4.74 Å². The summed E-state index contributed by atoms with van der Waals surface area (Å²) in [5, 5.41) is 4.80. The summed E-state index contributed by atoms with van der Waals surface area (Å²) in [6.07, 6.45) is 4.99. The fourth-order valence-corrected chi connectivity index (χ4v) is 2.98. The van der Waals surface area contributed by atoms with Crippen LogP contribution in [0.5, 0.6) is 5.88 Å². The molecule has 1 fully saturated rings. The van der Waals surface area contributed by atoms with Gasteiger partial charge >= 0.3 is 0 Å². The van der Waals surface area contributed by atoms with Gasteiger partial charge < -0.3 is 9.64 Å². The molecular weight excluding hydrogens is 339 g/mol. The molecule has 1 aliphatic rings. The molecule has 2 aromatic rings. The van der Waals surface area contributed by atoms with Gasteiger partial charge in [-0.05, 0) is 18.9 Å². The fourth-order valence-electron chi connectivity index (χ4n) is 2.58. The van der Waals surface area contributed by atoms with Gasteiger partial charge in [-0.2, -0.15) is 5.10 Å². The Bertz CT molecular complexity index is 748. The van der Waals surface area contributed by atoms with E-state index in [1.54, 1.807) is 31.6 Å². The van der Waals surface area contributed by atoms with E-state index in [0.717, 1.165) is 19.4 Å². The maximum Gasteiger partial charge on any atom is 0.287 e. The van der Waals surface area contributed by atoms with Gasteiger partial charge in [-0.3, -0.25) is 4.79 Å². The Labute approximate surface area is 143 Å². The number of piperidine rings is 1. The van der Waals surface area contributed by atoms with Gasteiger partial charge in [-0.25, -0.2) is 9.67 Å². The second-order valence-electron chi connectivity index (χ2n) is 5.42. The highest BCUT2D eigenvalue weighted by atomic mass is 35.5. The van der Waals surface area contributed by atoms with E-state index in [2.05, 4.69) is 10.1 Å². The maximum absolute atomic E-state index is 11.9. The molecule has 0 radical (unpaired) electrons. The van der Waals surface area contributed by atoms with E-state index in [9.17, 15) is 4.79 Å². The lowest BCUT2D eigenvalue weighted by Crippen LogP contribution is -2.42. The van der Waals surface area contributed by atoms with Crippen LogP contribution in [0.15, 0.2) is 29.3 Å². The highest BCUT2D eigenvalue weighted by Crippen LogP contribution is 2.26. The van der Waals surface area contributed by atoms with Gasteiger partial charge in [0.15, 0.2) is 0 Å². The van der Waals surface area contributed by atoms with Crippen LogP contribution in [-0.2, 0) is 7.05 Å². The van der Waals surface area contributed by atoms with Crippen molar-refractivity contribution in [1.82, 2.24) is 14.8 Å². The normalized spacial score (nSPS) is 18.0. The summed E-state index contributed by atoms with van der Waals surface area (Å²) in [6, 6.07) is 3.49. The van der Waals surface area contributed by atoms with E-state index >= 15 is 0 Å². The zero-order valence-corrected chi connectivity index (χ0v) is 14.1. The van der Waals surface area contributed by atoms with Gasteiger partial charge in [0.05, 0.1) is 23.5 Å². The van der Waals surface area contributed by atoms with E-state index in [1.807, 2.05) is 4.90 Å². The lowest BCUT2D eigenvalue weighted by Gasteiger charge is -2.34. The van der Waals surface area contributed by atoms with Gasteiger partial charge in [0.25, 0.3) is 5.56 Å². The predicted molar refractivity (Wildman–Crippen MR) is 89.6 cm³/mol. The first-order chi connectivity index (χ1) is 11.0. The number of hydrogen-bond acceptors (Lipinski definition) is 5. The standard InChI is InChI=1S/C15H16Cl2N4O2/c1-20-15(22)14(17)12(8-19-20)21-6-2-3-11(9-21)23-13-5-4-10(16)7-18-13/h4-5,7-8,11H,2-3,6,9H2,1H3. The fraction of sp³-hybridized carbons (Fsp3) is 0.400. The number of pyridine rings is 1. The first-order valence-corrected chi connectivity index (χ1v) is 8.05. The molecule has 0 aromatic carbocycles. The van der Waals surface area contributed by atoms with Crippen molar-refractivity contribution in [2.24, 2.45) is 7.05 Å². The van der Waals surface area contributed by atoms with Gasteiger partial charge in [-0.15, -0.1) is 0 Å². The van der Waals surface area contributed by atoms with E-state index < -0.39 is 0 Å². The predicted octanol–water partition coefficient (Wildman–Crippen LogP) is 2.53. The molecule has 0 bridgehead atoms. The topological polar surface area (TPSA) is 60.3 Å². The molecular formula is C15H16Cl2N4O2. The van der Waals surface area contributed by atoms with Crippen molar-refractivity contribution in [1.29, 1.82) is 0 Å². The Morgan fingerprint density at radius 3 is 2.87 bits per heavy atom. The molecule has 0 N–H and O–H groups in total. The maximum atomic E-state index is 11.9. The van der Waals surface area contributed by atoms with Crippen LogP contribution in [0, 0.1) is 0 Å². The van der Waals surface area contributed by atoms with Crippen molar-refractivity contribution >= 4 is 28.9 Å². The minimum absolute atomic E-state index is 0.0300. The minimum atomic E-state index is -0.299. The first kappa shape index (κ1) is 16.1. The van der Waals surface area contributed by atoms with Crippen LogP contribution in [0.1, 0.15) is 12.8 Å². The summed E-state index contributed by atoms with van der Waals surface area (Å²) in [7, 11) is 1.58. The Kier molecular flexibility index (Phi) is 4.73. The third kappa shape index (κ3) is 3.59. The van der Waals surface area contributed by atoms with Crippen LogP contribution in [-0.4, -0.2) is 34.0 Å². The molecule has 0 spiro atoms. The SMILES string of the molecule is Cn1ncc(N2CCCC(Oc3ccc(Cl)cn3)C2)c(Cl)c1=O. The molecule has 23 heavy (non-hydrogen) atoms. The molecule has 0 amide bonds. The van der Waals surface area contributed by atoms with Gasteiger partial charge in [-0.1, -0.05) is 23.2 Å². The number of anilines is 1. The number of aryl methyl sites for hydroxylation is 1. The molecule has 0 aliphatic carbocycles. The zero-order chi connectivity index (χ0) is 16.4. The summed E-state index contributed by atoms with van der Waals surface area (Å²) in [4.78, 5) is 18.1. The highest BCUT2D eigenvalue weighted by molar-refractivity contribution is 6.33. The average Bonchev–Trinajstić information content (AvgIpc) is 2.55. The summed E-state index contributed by atoms with van der Waals surface area (Å²) in [5.41, 5.74) is 0.346. The van der Waals surface area contributed by atoms with Crippen molar-refractivity contribution in [3.05, 3.63) is 44.9 Å². The third-order valence-corrected chi connectivity index (χ3v) is 4.35. The van der Waals surface area contributed by atoms with Crippen molar-refractivity contribution in [2.45, 2.75) is 18.9 Å². The van der Waals surface area contributed by atoms with E-state index in [-0.39, 0.29) is 16.7 Å². The highest BCUT2D eigenvalue weighted by Gasteiger charge is 2.24. The number of ether oxygens (including phenoxy) is 1. The third-order valence-electron chi connectivity index (χ3n) is 3.77. The summed E-state index contributed by atoms with van der Waals surface area (Å²) in [5.74, 6) is 0.537. The summed E-state index contributed by atoms with van der Waals surface area (Å²) in [6.45, 7) is 1.43. The van der Waals surface area contributed by atoms with Gasteiger partial charge in [0.1, 0.15) is 11.1 Å². The molecule has 1 atom stereocenters. The molecule has 1 saturated heterocycles. The van der Waals surface area contributed by atoms with Gasteiger partial charge in [0, 0.05) is 25.9 Å². The van der Waals surface area contributed by atoms with Crippen LogP contribution in [0.4, 0.5) is 5.69 Å². The van der Waals surface area contributed by atoms with E-state index in [1.165, 1.54) is 4.68 Å². The molecule has 6 nitrogen and oxygen atoms in total. The molecule has 122 valence electrons. The van der Waals surface area contributed by atoms with Crippen molar-refractivity contribution in [3.8, 4) is 5.88 Å². The second-order valence-corrected chi connectivity index (χ2v) is 6.23. The molecule has 1 unspecified atom stereocenters. The molecule has 0 saturated carbocycles. The Balaban J connectivity index is 1.74. The summed E-state index contributed by atoms with van der Waals surface area (Å²) >= 11 is 12.0. The van der Waals surface area contributed by atoms with Crippen LogP contribution >= 0.6 is 23.2 Å². The van der Waals surface area contributed by atoms with Crippen LogP contribution in [0.2, 0.25) is 10.0 Å². The van der Waals surface area contributed by atoms with Crippen molar-refractivity contribution in [3.63, 3.8) is 0 Å². The second kappa shape index (κ2) is 6.76. The number of nitrogens with zero attached hydrogens (tertiary/aromatic N) is 4. The van der Waals surface area contributed by atoms with Gasteiger partial charge in [0.2, 0.25) is 5.88 Å². The molecule has 8 heteroatoms.